The van der Waals surface area contributed by atoms with Gasteiger partial charge in [0.25, 0.3) is 5.91 Å². The number of rotatable bonds is 3. The molecule has 6 heteroatoms. The van der Waals surface area contributed by atoms with E-state index < -0.39 is 0 Å². The van der Waals surface area contributed by atoms with Crippen molar-refractivity contribution in [2.24, 2.45) is 0 Å². The minimum absolute atomic E-state index is 0.164. The first-order valence-corrected chi connectivity index (χ1v) is 7.72. The quantitative estimate of drug-likeness (QED) is 0.633. The molecule has 0 aliphatic heterocycles. The molecule has 0 atom stereocenters. The van der Waals surface area contributed by atoms with Crippen molar-refractivity contribution < 1.29 is 4.79 Å². The van der Waals surface area contributed by atoms with E-state index in [9.17, 15) is 4.79 Å². The van der Waals surface area contributed by atoms with Crippen LogP contribution in [0.2, 0.25) is 0 Å². The number of thiophene rings is 1. The lowest BCUT2D eigenvalue weighted by Gasteiger charge is -2.04. The highest BCUT2D eigenvalue weighted by molar-refractivity contribution is 7.17. The molecule has 0 aliphatic rings. The lowest BCUT2D eigenvalue weighted by Crippen LogP contribution is -2.23. The van der Waals surface area contributed by atoms with Crippen LogP contribution in [0.4, 0.5) is 0 Å². The molecule has 0 spiro atoms. The van der Waals surface area contributed by atoms with Crippen molar-refractivity contribution >= 4 is 32.8 Å². The monoisotopic (exact) mass is 308 g/mol. The van der Waals surface area contributed by atoms with E-state index in [0.717, 1.165) is 21.2 Å². The van der Waals surface area contributed by atoms with Gasteiger partial charge in [-0.3, -0.25) is 4.79 Å². The smallest absolute Gasteiger partial charge is 0.271 e. The first kappa shape index (κ1) is 13.0. The fraction of sp³-hybridized carbons (Fsp3) is 0.0625. The zero-order valence-corrected chi connectivity index (χ0v) is 12.4. The number of carbonyl (C=O) groups excluding carboxylic acids is 1. The molecule has 4 rings (SSSR count). The summed E-state index contributed by atoms with van der Waals surface area (Å²) in [6.07, 6.45) is 5.32. The van der Waals surface area contributed by atoms with Crippen molar-refractivity contribution in [1.82, 2.24) is 19.9 Å². The van der Waals surface area contributed by atoms with Gasteiger partial charge in [-0.1, -0.05) is 6.07 Å². The highest BCUT2D eigenvalue weighted by atomic mass is 32.1. The Kier molecular flexibility index (Phi) is 3.08. The van der Waals surface area contributed by atoms with Gasteiger partial charge in [0.2, 0.25) is 0 Å². The Morgan fingerprint density at radius 3 is 3.18 bits per heavy atom. The maximum absolute atomic E-state index is 12.4. The number of fused-ring (bicyclic) bond motifs is 2. The van der Waals surface area contributed by atoms with Crippen LogP contribution in [0.25, 0.3) is 15.6 Å². The van der Waals surface area contributed by atoms with Crippen molar-refractivity contribution in [2.75, 3.05) is 0 Å². The Bertz CT molecular complexity index is 972. The molecule has 0 radical (unpaired) electrons. The summed E-state index contributed by atoms with van der Waals surface area (Å²) in [7, 11) is 0. The van der Waals surface area contributed by atoms with Crippen molar-refractivity contribution in [3.05, 3.63) is 65.6 Å². The number of aromatic nitrogens is 3. The van der Waals surface area contributed by atoms with Gasteiger partial charge >= 0.3 is 0 Å². The van der Waals surface area contributed by atoms with Gasteiger partial charge in [-0.05, 0) is 35.0 Å². The molecule has 1 amide bonds. The summed E-state index contributed by atoms with van der Waals surface area (Å²) in [5.41, 5.74) is 2.45. The number of hydrogen-bond donors (Lipinski definition) is 1. The van der Waals surface area contributed by atoms with Crippen LogP contribution in [0.3, 0.4) is 0 Å². The molecule has 0 aromatic carbocycles. The van der Waals surface area contributed by atoms with Gasteiger partial charge in [-0.25, -0.2) is 9.50 Å². The predicted octanol–water partition coefficient (Wildman–Crippen LogP) is 2.87. The van der Waals surface area contributed by atoms with E-state index in [2.05, 4.69) is 15.4 Å². The second-order valence-corrected chi connectivity index (χ2v) is 5.80. The van der Waals surface area contributed by atoms with E-state index in [1.807, 2.05) is 41.9 Å². The average molecular weight is 308 g/mol. The summed E-state index contributed by atoms with van der Waals surface area (Å²) in [5.74, 6) is -0.164. The summed E-state index contributed by atoms with van der Waals surface area (Å²) in [6.45, 7) is 0.426. The number of carbonyl (C=O) groups is 1. The van der Waals surface area contributed by atoms with Gasteiger partial charge in [0.05, 0.1) is 16.4 Å². The van der Waals surface area contributed by atoms with Crippen molar-refractivity contribution in [3.8, 4) is 0 Å². The molecule has 0 fully saturated rings. The number of nitrogens with zero attached hydrogens (tertiary/aromatic N) is 3. The van der Waals surface area contributed by atoms with Gasteiger partial charge < -0.3 is 5.32 Å². The molecule has 0 bridgehead atoms. The normalized spacial score (nSPS) is 11.1. The molecule has 4 aromatic heterocycles. The van der Waals surface area contributed by atoms with Crippen molar-refractivity contribution in [3.63, 3.8) is 0 Å². The second kappa shape index (κ2) is 5.23. The van der Waals surface area contributed by atoms with Crippen LogP contribution in [0, 0.1) is 0 Å². The highest BCUT2D eigenvalue weighted by Crippen LogP contribution is 2.23. The van der Waals surface area contributed by atoms with Gasteiger partial charge in [0.15, 0.2) is 0 Å². The molecular weight excluding hydrogens is 296 g/mol. The Morgan fingerprint density at radius 1 is 1.27 bits per heavy atom. The first-order valence-electron chi connectivity index (χ1n) is 6.84. The zero-order valence-electron chi connectivity index (χ0n) is 11.6. The molecular formula is C16H12N4OS. The Balaban J connectivity index is 1.59. The highest BCUT2D eigenvalue weighted by Gasteiger charge is 2.13. The van der Waals surface area contributed by atoms with Crippen LogP contribution in [-0.4, -0.2) is 20.5 Å². The van der Waals surface area contributed by atoms with E-state index in [0.29, 0.717) is 12.2 Å². The average Bonchev–Trinajstić information content (AvgIpc) is 3.19. The summed E-state index contributed by atoms with van der Waals surface area (Å²) in [6, 6.07) is 9.75. The fourth-order valence-corrected chi connectivity index (χ4v) is 3.32. The van der Waals surface area contributed by atoms with Gasteiger partial charge in [0, 0.05) is 24.5 Å². The number of nitrogens with one attached hydrogen (secondary N) is 1. The second-order valence-electron chi connectivity index (χ2n) is 4.88. The third-order valence-electron chi connectivity index (χ3n) is 3.53. The maximum atomic E-state index is 12.4. The summed E-state index contributed by atoms with van der Waals surface area (Å²) in [4.78, 5) is 16.6. The van der Waals surface area contributed by atoms with Gasteiger partial charge in [-0.15, -0.1) is 11.3 Å². The first-order chi connectivity index (χ1) is 10.8. The summed E-state index contributed by atoms with van der Waals surface area (Å²) < 4.78 is 2.71. The van der Waals surface area contributed by atoms with E-state index in [1.165, 1.54) is 11.3 Å². The van der Waals surface area contributed by atoms with Gasteiger partial charge in [-0.2, -0.15) is 5.10 Å². The van der Waals surface area contributed by atoms with Crippen LogP contribution in [-0.2, 0) is 6.54 Å². The molecule has 4 heterocycles. The van der Waals surface area contributed by atoms with E-state index in [1.54, 1.807) is 16.9 Å². The molecule has 108 valence electrons. The van der Waals surface area contributed by atoms with E-state index in [4.69, 9.17) is 0 Å². The number of amides is 1. The number of hydrogen-bond acceptors (Lipinski definition) is 4. The van der Waals surface area contributed by atoms with Crippen LogP contribution in [0.1, 0.15) is 16.1 Å². The summed E-state index contributed by atoms with van der Waals surface area (Å²) >= 11 is 1.53. The molecule has 4 aromatic rings. The fourth-order valence-electron chi connectivity index (χ4n) is 2.44. The van der Waals surface area contributed by atoms with Crippen molar-refractivity contribution in [2.45, 2.75) is 6.54 Å². The SMILES string of the molecule is O=C(NCc1cnn2ccccc12)c1nccc2ccsc12. The third kappa shape index (κ3) is 2.14. The summed E-state index contributed by atoms with van der Waals surface area (Å²) in [5, 5.41) is 10.2. The molecule has 0 saturated carbocycles. The lowest BCUT2D eigenvalue weighted by molar-refractivity contribution is 0.0948. The molecule has 22 heavy (non-hydrogen) atoms. The van der Waals surface area contributed by atoms with Crippen LogP contribution in [0.5, 0.6) is 0 Å². The van der Waals surface area contributed by atoms with Gasteiger partial charge in [0.1, 0.15) is 5.69 Å². The maximum Gasteiger partial charge on any atom is 0.271 e. The molecule has 0 aliphatic carbocycles. The topological polar surface area (TPSA) is 59.3 Å². The molecule has 0 saturated heterocycles. The molecule has 0 unspecified atom stereocenters. The Hall–Kier alpha value is -2.73. The minimum Gasteiger partial charge on any atom is -0.346 e. The van der Waals surface area contributed by atoms with E-state index in [-0.39, 0.29) is 5.91 Å². The Labute approximate surface area is 130 Å². The minimum atomic E-state index is -0.164. The third-order valence-corrected chi connectivity index (χ3v) is 4.47. The van der Waals surface area contributed by atoms with Crippen LogP contribution < -0.4 is 5.32 Å². The van der Waals surface area contributed by atoms with E-state index >= 15 is 0 Å². The van der Waals surface area contributed by atoms with Crippen molar-refractivity contribution in [1.29, 1.82) is 0 Å². The standard InChI is InChI=1S/C16H12N4OS/c21-16(14-15-11(4-6-17-14)5-8-22-15)18-9-12-10-19-20-7-2-1-3-13(12)20/h1-8,10H,9H2,(H,18,21). The predicted molar refractivity (Wildman–Crippen MR) is 86.0 cm³/mol. The van der Waals surface area contributed by atoms with Crippen LogP contribution >= 0.6 is 11.3 Å². The zero-order chi connectivity index (χ0) is 14.9. The Morgan fingerprint density at radius 2 is 2.23 bits per heavy atom. The molecule has 5 nitrogen and oxygen atoms in total. The largest absolute Gasteiger partial charge is 0.346 e. The number of pyridine rings is 2. The molecule has 1 N–H and O–H groups in total. The lowest BCUT2D eigenvalue weighted by atomic mass is 10.2. The van der Waals surface area contributed by atoms with Crippen LogP contribution in [0.15, 0.2) is 54.3 Å².